The number of rotatable bonds is 1. The predicted molar refractivity (Wildman–Crippen MR) is 105 cm³/mol. The number of hydrogen-bond donors (Lipinski definition) is 1. The number of nitrogens with zero attached hydrogens (tertiary/aromatic N) is 1. The predicted octanol–water partition coefficient (Wildman–Crippen LogP) is 3.96. The SMILES string of the molecule is O=C(c1cccc(I)c1)n1c(=S)[nH]c2ccc(I)cc2c1=O. The van der Waals surface area contributed by atoms with Crippen molar-refractivity contribution >= 4 is 74.2 Å². The van der Waals surface area contributed by atoms with Gasteiger partial charge in [-0.2, -0.15) is 0 Å². The van der Waals surface area contributed by atoms with Gasteiger partial charge in [0.15, 0.2) is 4.77 Å². The van der Waals surface area contributed by atoms with Gasteiger partial charge < -0.3 is 4.98 Å². The van der Waals surface area contributed by atoms with Crippen molar-refractivity contribution in [3.8, 4) is 0 Å². The fraction of sp³-hybridized carbons (Fsp3) is 0. The highest BCUT2D eigenvalue weighted by Gasteiger charge is 2.15. The molecule has 0 bridgehead atoms. The minimum Gasteiger partial charge on any atom is -0.331 e. The molecule has 0 unspecified atom stereocenters. The number of aromatic nitrogens is 2. The third-order valence-corrected chi connectivity index (χ3v) is 4.76. The lowest BCUT2D eigenvalue weighted by Gasteiger charge is -2.07. The Morgan fingerprint density at radius 1 is 1.09 bits per heavy atom. The molecule has 0 saturated heterocycles. The summed E-state index contributed by atoms with van der Waals surface area (Å²) in [5.41, 5.74) is 0.654. The van der Waals surface area contributed by atoms with E-state index in [-0.39, 0.29) is 4.77 Å². The molecule has 1 N–H and O–H groups in total. The molecular weight excluding hydrogens is 526 g/mol. The zero-order valence-corrected chi connectivity index (χ0v) is 16.1. The van der Waals surface area contributed by atoms with E-state index >= 15 is 0 Å². The Bertz CT molecular complexity index is 1020. The molecule has 0 spiro atoms. The van der Waals surface area contributed by atoms with Crippen molar-refractivity contribution in [2.75, 3.05) is 0 Å². The van der Waals surface area contributed by atoms with Gasteiger partial charge in [-0.1, -0.05) is 6.07 Å². The lowest BCUT2D eigenvalue weighted by Crippen LogP contribution is -2.29. The normalized spacial score (nSPS) is 10.8. The average Bonchev–Trinajstić information content (AvgIpc) is 2.48. The summed E-state index contributed by atoms with van der Waals surface area (Å²) in [5, 5.41) is 0.444. The second-order valence-electron chi connectivity index (χ2n) is 4.58. The number of halogens is 2. The van der Waals surface area contributed by atoms with E-state index in [1.807, 2.05) is 12.1 Å². The van der Waals surface area contributed by atoms with Crippen LogP contribution in [-0.2, 0) is 0 Å². The van der Waals surface area contributed by atoms with Gasteiger partial charge in [0.25, 0.3) is 11.5 Å². The largest absolute Gasteiger partial charge is 0.331 e. The van der Waals surface area contributed by atoms with Crippen molar-refractivity contribution < 1.29 is 4.79 Å². The van der Waals surface area contributed by atoms with Crippen LogP contribution in [0.2, 0.25) is 0 Å². The lowest BCUT2D eigenvalue weighted by molar-refractivity contribution is 0.0953. The summed E-state index contributed by atoms with van der Waals surface area (Å²) in [5.74, 6) is -0.425. The summed E-state index contributed by atoms with van der Waals surface area (Å²) in [6, 6.07) is 12.4. The minimum atomic E-state index is -0.425. The second-order valence-corrected chi connectivity index (χ2v) is 7.45. The van der Waals surface area contributed by atoms with Crippen molar-refractivity contribution in [2.24, 2.45) is 0 Å². The van der Waals surface area contributed by atoms with Crippen LogP contribution in [0.5, 0.6) is 0 Å². The molecule has 3 aromatic rings. The number of carbonyl (C=O) groups excluding carboxylic acids is 1. The molecule has 1 aromatic heterocycles. The van der Waals surface area contributed by atoms with Crippen molar-refractivity contribution in [3.63, 3.8) is 0 Å². The van der Waals surface area contributed by atoms with Crippen LogP contribution in [0.25, 0.3) is 10.9 Å². The van der Waals surface area contributed by atoms with E-state index < -0.39 is 11.5 Å². The van der Waals surface area contributed by atoms with Gasteiger partial charge in [-0.05, 0) is 93.8 Å². The molecule has 4 nitrogen and oxygen atoms in total. The number of benzene rings is 2. The summed E-state index contributed by atoms with van der Waals surface area (Å²) in [6.07, 6.45) is 0. The van der Waals surface area contributed by atoms with Gasteiger partial charge in [0, 0.05) is 12.7 Å². The Labute approximate surface area is 157 Å². The number of aromatic amines is 1. The molecule has 3 rings (SSSR count). The Morgan fingerprint density at radius 2 is 1.82 bits per heavy atom. The van der Waals surface area contributed by atoms with Gasteiger partial charge in [-0.3, -0.25) is 9.59 Å². The highest BCUT2D eigenvalue weighted by atomic mass is 127. The lowest BCUT2D eigenvalue weighted by atomic mass is 10.2. The average molecular weight is 534 g/mol. The first-order chi connectivity index (χ1) is 10.5. The molecule has 0 atom stereocenters. The zero-order valence-electron chi connectivity index (χ0n) is 11.0. The van der Waals surface area contributed by atoms with Crippen molar-refractivity contribution in [1.82, 2.24) is 9.55 Å². The molecule has 0 aliphatic heterocycles. The monoisotopic (exact) mass is 534 g/mol. The van der Waals surface area contributed by atoms with Crippen LogP contribution in [0.3, 0.4) is 0 Å². The van der Waals surface area contributed by atoms with Gasteiger partial charge in [-0.15, -0.1) is 0 Å². The van der Waals surface area contributed by atoms with E-state index in [1.165, 1.54) is 0 Å². The first-order valence-corrected chi connectivity index (χ1v) is 8.79. The highest BCUT2D eigenvalue weighted by molar-refractivity contribution is 14.1. The van der Waals surface area contributed by atoms with Gasteiger partial charge >= 0.3 is 0 Å². The molecule has 0 amide bonds. The molecule has 1 heterocycles. The maximum atomic E-state index is 12.7. The zero-order chi connectivity index (χ0) is 15.9. The van der Waals surface area contributed by atoms with E-state index in [9.17, 15) is 9.59 Å². The Kier molecular flexibility index (Phi) is 4.46. The van der Waals surface area contributed by atoms with E-state index in [1.54, 1.807) is 30.3 Å². The summed E-state index contributed by atoms with van der Waals surface area (Å²) in [4.78, 5) is 28.2. The number of H-pyrrole nitrogens is 1. The topological polar surface area (TPSA) is 54.9 Å². The third kappa shape index (κ3) is 2.88. The first-order valence-electron chi connectivity index (χ1n) is 6.22. The summed E-state index contributed by atoms with van der Waals surface area (Å²) in [7, 11) is 0. The maximum absolute atomic E-state index is 12.7. The maximum Gasteiger partial charge on any atom is 0.269 e. The standard InChI is InChI=1S/C15H8I2N2O2S/c16-9-3-1-2-8(6-9)13(20)19-14(21)11-7-10(17)4-5-12(11)18-15(19)22/h1-7H,(H,18,22). The molecule has 0 fully saturated rings. The summed E-state index contributed by atoms with van der Waals surface area (Å²) in [6.45, 7) is 0. The van der Waals surface area contributed by atoms with Crippen molar-refractivity contribution in [2.45, 2.75) is 0 Å². The van der Waals surface area contributed by atoms with Crippen LogP contribution >= 0.6 is 57.4 Å². The van der Waals surface area contributed by atoms with Gasteiger partial charge in [0.1, 0.15) is 0 Å². The van der Waals surface area contributed by atoms with Crippen LogP contribution in [0.1, 0.15) is 10.4 Å². The van der Waals surface area contributed by atoms with Gasteiger partial charge in [0.05, 0.1) is 10.9 Å². The minimum absolute atomic E-state index is 0.0996. The molecule has 110 valence electrons. The van der Waals surface area contributed by atoms with Gasteiger partial charge in [-0.25, -0.2) is 4.57 Å². The number of fused-ring (bicyclic) bond motifs is 1. The van der Waals surface area contributed by atoms with E-state index in [2.05, 4.69) is 50.2 Å². The Hall–Kier alpha value is -1.07. The first kappa shape index (κ1) is 15.8. The summed E-state index contributed by atoms with van der Waals surface area (Å²) < 4.78 is 2.95. The van der Waals surface area contributed by atoms with Crippen molar-refractivity contribution in [3.05, 3.63) is 70.3 Å². The Balaban J connectivity index is 2.29. The molecule has 2 aromatic carbocycles. The van der Waals surface area contributed by atoms with Crippen LogP contribution in [-0.4, -0.2) is 15.5 Å². The number of carbonyl (C=O) groups is 1. The summed E-state index contributed by atoms with van der Waals surface area (Å²) >= 11 is 9.44. The molecule has 0 aliphatic carbocycles. The van der Waals surface area contributed by atoms with Gasteiger partial charge in [0.2, 0.25) is 0 Å². The van der Waals surface area contributed by atoms with Crippen LogP contribution in [0, 0.1) is 11.9 Å². The number of hydrogen-bond acceptors (Lipinski definition) is 3. The highest BCUT2D eigenvalue weighted by Crippen LogP contribution is 2.14. The molecule has 7 heteroatoms. The van der Waals surface area contributed by atoms with Crippen LogP contribution < -0.4 is 5.56 Å². The molecule has 0 saturated carbocycles. The Morgan fingerprint density at radius 3 is 2.55 bits per heavy atom. The third-order valence-electron chi connectivity index (χ3n) is 3.13. The molecule has 22 heavy (non-hydrogen) atoms. The van der Waals surface area contributed by atoms with E-state index in [4.69, 9.17) is 12.2 Å². The van der Waals surface area contributed by atoms with E-state index in [0.717, 1.165) is 11.7 Å². The van der Waals surface area contributed by atoms with E-state index in [0.29, 0.717) is 16.5 Å². The fourth-order valence-corrected chi connectivity index (χ4v) is 3.43. The van der Waals surface area contributed by atoms with Crippen molar-refractivity contribution in [1.29, 1.82) is 0 Å². The second kappa shape index (κ2) is 6.20. The molecular formula is C15H8I2N2O2S. The fourth-order valence-electron chi connectivity index (χ4n) is 2.12. The van der Waals surface area contributed by atoms with Crippen LogP contribution in [0.4, 0.5) is 0 Å². The molecule has 0 radical (unpaired) electrons. The quantitative estimate of drug-likeness (QED) is 0.380. The number of nitrogens with one attached hydrogen (secondary N) is 1. The molecule has 0 aliphatic rings. The smallest absolute Gasteiger partial charge is 0.269 e. The van der Waals surface area contributed by atoms with Crippen LogP contribution in [0.15, 0.2) is 47.3 Å².